The minimum absolute atomic E-state index is 0.0800. The van der Waals surface area contributed by atoms with E-state index in [-0.39, 0.29) is 23.9 Å². The number of ether oxygens (including phenoxy) is 1. The molecule has 0 spiro atoms. The average molecular weight is 645 g/mol. The van der Waals surface area contributed by atoms with Crippen LogP contribution in [0, 0.1) is 5.41 Å². The lowest BCUT2D eigenvalue weighted by atomic mass is 9.81. The van der Waals surface area contributed by atoms with Crippen molar-refractivity contribution in [3.63, 3.8) is 0 Å². The van der Waals surface area contributed by atoms with Gasteiger partial charge in [0.15, 0.2) is 0 Å². The fourth-order valence-electron chi connectivity index (χ4n) is 9.56. The van der Waals surface area contributed by atoms with Gasteiger partial charge in [0, 0.05) is 59.7 Å². The molecule has 2 saturated carbocycles. The number of piperidine rings is 1. The van der Waals surface area contributed by atoms with Gasteiger partial charge < -0.3 is 19.1 Å². The number of nitrogens with zero attached hydrogens (tertiary/aromatic N) is 3. The third kappa shape index (κ3) is 4.77. The van der Waals surface area contributed by atoms with E-state index in [9.17, 15) is 13.2 Å². The lowest BCUT2D eigenvalue weighted by Crippen LogP contribution is -2.63. The van der Waals surface area contributed by atoms with Gasteiger partial charge in [0.25, 0.3) is 5.91 Å². The highest BCUT2D eigenvalue weighted by Crippen LogP contribution is 2.66. The van der Waals surface area contributed by atoms with Gasteiger partial charge in [0.2, 0.25) is 15.9 Å². The Labute approximate surface area is 271 Å². The highest BCUT2D eigenvalue weighted by molar-refractivity contribution is 7.89. The molecular weight excluding hydrogens is 600 g/mol. The molecule has 2 saturated heterocycles. The number of fused-ring (bicyclic) bond motifs is 9. The van der Waals surface area contributed by atoms with E-state index in [0.29, 0.717) is 18.0 Å². The van der Waals surface area contributed by atoms with Crippen LogP contribution < -0.4 is 9.46 Å². The molecule has 4 atom stereocenters. The van der Waals surface area contributed by atoms with Crippen molar-refractivity contribution in [1.29, 1.82) is 0 Å². The maximum absolute atomic E-state index is 15.1. The predicted molar refractivity (Wildman–Crippen MR) is 178 cm³/mol. The number of carbonyl (C=O) groups is 2. The van der Waals surface area contributed by atoms with Gasteiger partial charge in [-0.25, -0.2) is 13.1 Å². The molecule has 1 aromatic heterocycles. The maximum atomic E-state index is 15.1. The van der Waals surface area contributed by atoms with E-state index in [1.807, 2.05) is 18.2 Å². The van der Waals surface area contributed by atoms with E-state index in [1.54, 1.807) is 13.2 Å². The summed E-state index contributed by atoms with van der Waals surface area (Å²) in [6.07, 6.45) is 10.8. The summed E-state index contributed by atoms with van der Waals surface area (Å²) in [5.41, 5.74) is 5.40. The van der Waals surface area contributed by atoms with Crippen LogP contribution in [0.1, 0.15) is 91.1 Å². The fraction of sp³-hybridized carbons (Fsp3) is 0.556. The van der Waals surface area contributed by atoms with E-state index in [1.165, 1.54) is 36.8 Å². The Morgan fingerprint density at radius 2 is 1.70 bits per heavy atom. The molecule has 8 rings (SSSR count). The van der Waals surface area contributed by atoms with Gasteiger partial charge in [0.05, 0.1) is 24.5 Å². The Balaban J connectivity index is 1.34. The zero-order chi connectivity index (χ0) is 32.0. The number of hydrogen-bond donors (Lipinski definition) is 1. The van der Waals surface area contributed by atoms with Crippen molar-refractivity contribution in [2.45, 2.75) is 88.3 Å². The van der Waals surface area contributed by atoms with Crippen LogP contribution in [0.25, 0.3) is 22.2 Å². The summed E-state index contributed by atoms with van der Waals surface area (Å²) in [6.45, 7) is 2.36. The van der Waals surface area contributed by atoms with Crippen molar-refractivity contribution in [2.24, 2.45) is 5.41 Å². The van der Waals surface area contributed by atoms with Crippen LogP contribution in [0.4, 0.5) is 0 Å². The normalized spacial score (nSPS) is 27.7. The molecule has 4 heterocycles. The second kappa shape index (κ2) is 10.8. The molecule has 244 valence electrons. The Hall–Kier alpha value is -3.37. The van der Waals surface area contributed by atoms with Crippen LogP contribution in [-0.2, 0) is 21.4 Å². The summed E-state index contributed by atoms with van der Waals surface area (Å²) in [4.78, 5) is 32.9. The molecule has 5 aliphatic rings. The first-order chi connectivity index (χ1) is 22.1. The first-order valence-corrected chi connectivity index (χ1v) is 18.8. The molecule has 2 aromatic carbocycles. The second-order valence-electron chi connectivity index (χ2n) is 14.7. The topological polar surface area (TPSA) is 101 Å². The van der Waals surface area contributed by atoms with Gasteiger partial charge in [-0.05, 0) is 92.9 Å². The molecule has 1 N–H and O–H groups in total. The van der Waals surface area contributed by atoms with Crippen molar-refractivity contribution in [3.8, 4) is 17.0 Å². The van der Waals surface area contributed by atoms with E-state index in [0.717, 1.165) is 79.4 Å². The Bertz CT molecular complexity index is 1850. The van der Waals surface area contributed by atoms with Crippen LogP contribution in [0.5, 0.6) is 5.75 Å². The van der Waals surface area contributed by atoms with Crippen LogP contribution in [-0.4, -0.2) is 80.2 Å². The third-order valence-electron chi connectivity index (χ3n) is 11.6. The summed E-state index contributed by atoms with van der Waals surface area (Å²) in [5, 5.41) is 1.10. The third-order valence-corrected chi connectivity index (χ3v) is 12.2. The van der Waals surface area contributed by atoms with Gasteiger partial charge in [-0.2, -0.15) is 0 Å². The van der Waals surface area contributed by atoms with E-state index in [2.05, 4.69) is 38.3 Å². The average Bonchev–Trinajstić information content (AvgIpc) is 3.69. The molecule has 4 unspecified atom stereocenters. The number of carbonyl (C=O) groups excluding carboxylic acids is 2. The summed E-state index contributed by atoms with van der Waals surface area (Å²) in [6, 6.07) is 12.4. The Morgan fingerprint density at radius 1 is 0.957 bits per heavy atom. The zero-order valence-electron chi connectivity index (χ0n) is 27.0. The van der Waals surface area contributed by atoms with Crippen LogP contribution in [0.15, 0.2) is 36.4 Å². The number of likely N-dealkylation sites (N-methyl/N-ethyl adjacent to an activating group) is 1. The highest BCUT2D eigenvalue weighted by Gasteiger charge is 2.65. The number of methoxy groups -OCH3 is 1. The number of benzene rings is 2. The molecule has 0 radical (unpaired) electrons. The highest BCUT2D eigenvalue weighted by atomic mass is 32.2. The smallest absolute Gasteiger partial charge is 0.264 e. The summed E-state index contributed by atoms with van der Waals surface area (Å²) < 4.78 is 34.2. The number of aromatic nitrogens is 1. The molecular formula is C36H44N4O5S. The number of sulfonamides is 1. The van der Waals surface area contributed by atoms with Crippen molar-refractivity contribution >= 4 is 32.7 Å². The lowest BCUT2D eigenvalue weighted by Gasteiger charge is -2.50. The van der Waals surface area contributed by atoms with Crippen molar-refractivity contribution in [2.75, 3.05) is 33.5 Å². The molecule has 2 aliphatic carbocycles. The number of likely N-dealkylation sites (tertiary alicyclic amines) is 1. The van der Waals surface area contributed by atoms with Crippen LogP contribution in [0.3, 0.4) is 0 Å². The summed E-state index contributed by atoms with van der Waals surface area (Å²) in [7, 11) is 0.140. The summed E-state index contributed by atoms with van der Waals surface area (Å²) >= 11 is 0. The summed E-state index contributed by atoms with van der Waals surface area (Å²) in [5.74, 6) is 0.881. The van der Waals surface area contributed by atoms with E-state index < -0.39 is 21.3 Å². The molecule has 10 heteroatoms. The standard InChI is InChI=1S/C36H44N4O5S/c1-38-19-24-10-7-11-25(20-38)40(24)35(42)36-18-30(36)29-17-26(45-2)13-15-27(29)33-32(22-8-5-4-6-9-22)28-14-12-23(16-31(28)39(33)21-36)34(41)37-46(3,43)44/h12-17,22,24-25,30H,4-11,18-21H2,1-3H3,(H,37,41). The minimum Gasteiger partial charge on any atom is -0.497 e. The first kappa shape index (κ1) is 30.0. The monoisotopic (exact) mass is 644 g/mol. The predicted octanol–water partition coefficient (Wildman–Crippen LogP) is 5.24. The van der Waals surface area contributed by atoms with Gasteiger partial charge in [-0.1, -0.05) is 25.3 Å². The van der Waals surface area contributed by atoms with Crippen molar-refractivity contribution in [1.82, 2.24) is 19.1 Å². The van der Waals surface area contributed by atoms with Crippen LogP contribution in [0.2, 0.25) is 0 Å². The fourth-order valence-corrected chi connectivity index (χ4v) is 10.0. The van der Waals surface area contributed by atoms with Gasteiger partial charge in [0.1, 0.15) is 5.75 Å². The van der Waals surface area contributed by atoms with Gasteiger partial charge >= 0.3 is 0 Å². The number of rotatable bonds is 5. The van der Waals surface area contributed by atoms with Gasteiger partial charge in [-0.3, -0.25) is 9.59 Å². The molecule has 46 heavy (non-hydrogen) atoms. The number of hydrogen-bond acceptors (Lipinski definition) is 6. The van der Waals surface area contributed by atoms with Gasteiger partial charge in [-0.15, -0.1) is 0 Å². The first-order valence-electron chi connectivity index (χ1n) is 17.0. The molecule has 2 bridgehead atoms. The molecule has 3 aromatic rings. The Kier molecular flexibility index (Phi) is 7.07. The minimum atomic E-state index is -3.73. The lowest BCUT2D eigenvalue weighted by molar-refractivity contribution is -0.149. The van der Waals surface area contributed by atoms with Crippen LogP contribution >= 0.6 is 0 Å². The number of piperazine rings is 1. The molecule has 2 amide bonds. The number of amides is 2. The molecule has 9 nitrogen and oxygen atoms in total. The van der Waals surface area contributed by atoms with E-state index in [4.69, 9.17) is 4.74 Å². The van der Waals surface area contributed by atoms with Crippen molar-refractivity contribution in [3.05, 3.63) is 53.1 Å². The second-order valence-corrected chi connectivity index (χ2v) is 16.4. The molecule has 3 aliphatic heterocycles. The Morgan fingerprint density at radius 3 is 2.39 bits per heavy atom. The van der Waals surface area contributed by atoms with Crippen molar-refractivity contribution < 1.29 is 22.7 Å². The molecule has 4 fully saturated rings. The quantitative estimate of drug-likeness (QED) is 0.408. The SMILES string of the molecule is COc1ccc2c(c1)C1CC1(C(=O)N1C3CCCC1CN(C)C3)Cn1c-2c(C2CCCCC2)c2ccc(C(=O)NS(C)(=O)=O)cc21. The van der Waals surface area contributed by atoms with E-state index >= 15 is 4.79 Å². The zero-order valence-corrected chi connectivity index (χ0v) is 27.9. The maximum Gasteiger partial charge on any atom is 0.264 e. The largest absolute Gasteiger partial charge is 0.497 e. The number of nitrogens with one attached hydrogen (secondary N) is 1.